The van der Waals surface area contributed by atoms with Crippen LogP contribution < -0.4 is 0 Å². The summed E-state index contributed by atoms with van der Waals surface area (Å²) >= 11 is 0. The first kappa shape index (κ1) is 19.8. The lowest BCUT2D eigenvalue weighted by Gasteiger charge is -2.08. The van der Waals surface area contributed by atoms with E-state index in [1.165, 1.54) is 11.2 Å². The maximum atomic E-state index is 11.9. The molecule has 8 heteroatoms. The van der Waals surface area contributed by atoms with Crippen molar-refractivity contribution in [3.05, 3.63) is 54.0 Å². The normalized spacial score (nSPS) is 11.4. The second kappa shape index (κ2) is 7.55. The van der Waals surface area contributed by atoms with Crippen molar-refractivity contribution in [2.45, 2.75) is 18.2 Å². The topological polar surface area (TPSA) is 93.4 Å². The number of nitrogens with zero attached hydrogens (tertiary/aromatic N) is 3. The molecule has 0 spiro atoms. The van der Waals surface area contributed by atoms with E-state index in [2.05, 4.69) is 9.97 Å². The van der Waals surface area contributed by atoms with E-state index in [0.717, 1.165) is 5.56 Å². The molecule has 0 fully saturated rings. The highest BCUT2D eigenvalue weighted by Gasteiger charge is 2.16. The van der Waals surface area contributed by atoms with Gasteiger partial charge < -0.3 is 9.32 Å². The minimum absolute atomic E-state index is 0.0473. The van der Waals surface area contributed by atoms with Crippen LogP contribution in [0.2, 0.25) is 0 Å². The minimum atomic E-state index is -3.23. The summed E-state index contributed by atoms with van der Waals surface area (Å²) < 4.78 is 28.8. The minimum Gasteiger partial charge on any atom is -0.441 e. The average Bonchev–Trinajstić information content (AvgIpc) is 3.01. The molecular weight excluding hydrogens is 378 g/mol. The van der Waals surface area contributed by atoms with E-state index < -0.39 is 9.84 Å². The molecule has 28 heavy (non-hydrogen) atoms. The van der Waals surface area contributed by atoms with Gasteiger partial charge in [-0.2, -0.15) is 0 Å². The number of aryl methyl sites for hydroxylation is 1. The Kier molecular flexibility index (Phi) is 5.33. The smallest absolute Gasteiger partial charge is 0.228 e. The number of pyridine rings is 1. The quantitative estimate of drug-likeness (QED) is 0.655. The Hall–Kier alpha value is -3.00. The van der Waals surface area contributed by atoms with Crippen LogP contribution in [-0.4, -0.2) is 49.5 Å². The van der Waals surface area contributed by atoms with Gasteiger partial charge in [0.05, 0.1) is 28.3 Å². The molecule has 2 aromatic heterocycles. The third-order valence-corrected chi connectivity index (χ3v) is 5.43. The summed E-state index contributed by atoms with van der Waals surface area (Å²) in [7, 11) is 0.168. The van der Waals surface area contributed by atoms with Gasteiger partial charge in [-0.1, -0.05) is 12.1 Å². The fourth-order valence-electron chi connectivity index (χ4n) is 2.58. The van der Waals surface area contributed by atoms with E-state index in [1.807, 2.05) is 12.1 Å². The van der Waals surface area contributed by atoms with E-state index in [9.17, 15) is 13.2 Å². The molecule has 0 unspecified atom stereocenters. The number of sulfone groups is 1. The zero-order chi connectivity index (χ0) is 20.5. The first-order valence-corrected chi connectivity index (χ1v) is 10.5. The van der Waals surface area contributed by atoms with Gasteiger partial charge in [-0.25, -0.2) is 13.4 Å². The molecule has 3 rings (SSSR count). The van der Waals surface area contributed by atoms with Gasteiger partial charge in [0.15, 0.2) is 9.84 Å². The molecule has 0 aliphatic carbocycles. The lowest BCUT2D eigenvalue weighted by Crippen LogP contribution is -2.23. The number of hydrogen-bond acceptors (Lipinski definition) is 6. The van der Waals surface area contributed by atoms with Crippen molar-refractivity contribution in [2.24, 2.45) is 0 Å². The summed E-state index contributed by atoms with van der Waals surface area (Å²) in [4.78, 5) is 22.5. The number of aromatic nitrogens is 2. The molecule has 0 saturated carbocycles. The Balaban J connectivity index is 1.82. The van der Waals surface area contributed by atoms with E-state index in [4.69, 9.17) is 4.42 Å². The van der Waals surface area contributed by atoms with Crippen LogP contribution in [0.4, 0.5) is 0 Å². The molecule has 0 atom stereocenters. The Bertz CT molecular complexity index is 1100. The number of likely N-dealkylation sites (N-methyl/N-ethyl adjacent to an activating group) is 1. The fraction of sp³-hybridized carbons (Fsp3) is 0.250. The van der Waals surface area contributed by atoms with Crippen molar-refractivity contribution in [2.75, 3.05) is 20.4 Å². The summed E-state index contributed by atoms with van der Waals surface area (Å²) in [5.41, 5.74) is 2.81. The third kappa shape index (κ3) is 4.28. The van der Waals surface area contributed by atoms with Crippen LogP contribution in [0.25, 0.3) is 22.7 Å². The van der Waals surface area contributed by atoms with Gasteiger partial charge >= 0.3 is 0 Å². The monoisotopic (exact) mass is 399 g/mol. The standard InChI is InChI=1S/C20H21N3O4S/c1-13-18(11-19(24)23(2)3)22-20(27-13)15-7-10-17(21-12-15)14-5-8-16(9-6-14)28(4,25)26/h5-10,12H,11H2,1-4H3. The predicted molar refractivity (Wildman–Crippen MR) is 105 cm³/mol. The highest BCUT2D eigenvalue weighted by atomic mass is 32.2. The summed E-state index contributed by atoms with van der Waals surface area (Å²) in [6, 6.07) is 10.2. The van der Waals surface area contributed by atoms with Crippen LogP contribution in [0, 0.1) is 6.92 Å². The molecule has 0 aliphatic rings. The SMILES string of the molecule is Cc1oc(-c2ccc(-c3ccc(S(C)(=O)=O)cc3)nc2)nc1CC(=O)N(C)C. The number of carbonyl (C=O) groups excluding carboxylic acids is 1. The van der Waals surface area contributed by atoms with Crippen molar-refractivity contribution in [3.8, 4) is 22.7 Å². The first-order valence-electron chi connectivity index (χ1n) is 8.58. The largest absolute Gasteiger partial charge is 0.441 e. The van der Waals surface area contributed by atoms with Gasteiger partial charge in [-0.05, 0) is 31.2 Å². The highest BCUT2D eigenvalue weighted by Crippen LogP contribution is 2.25. The molecule has 1 aromatic carbocycles. The first-order chi connectivity index (χ1) is 13.1. The van der Waals surface area contributed by atoms with E-state index in [-0.39, 0.29) is 17.2 Å². The Morgan fingerprint density at radius 3 is 2.25 bits per heavy atom. The molecule has 0 radical (unpaired) electrons. The number of oxazole rings is 1. The molecule has 2 heterocycles. The maximum Gasteiger partial charge on any atom is 0.228 e. The van der Waals surface area contributed by atoms with Crippen LogP contribution >= 0.6 is 0 Å². The van der Waals surface area contributed by atoms with Crippen LogP contribution in [0.15, 0.2) is 51.9 Å². The van der Waals surface area contributed by atoms with Gasteiger partial charge in [0.25, 0.3) is 0 Å². The Morgan fingerprint density at radius 1 is 1.07 bits per heavy atom. The number of amides is 1. The molecular formula is C20H21N3O4S. The van der Waals surface area contributed by atoms with Crippen LogP contribution in [0.1, 0.15) is 11.5 Å². The van der Waals surface area contributed by atoms with Gasteiger partial charge in [0.2, 0.25) is 11.8 Å². The van der Waals surface area contributed by atoms with Gasteiger partial charge in [0, 0.05) is 32.1 Å². The van der Waals surface area contributed by atoms with Crippen LogP contribution in [-0.2, 0) is 21.1 Å². The van der Waals surface area contributed by atoms with Gasteiger partial charge in [-0.3, -0.25) is 9.78 Å². The van der Waals surface area contributed by atoms with Gasteiger partial charge in [-0.15, -0.1) is 0 Å². The van der Waals surface area contributed by atoms with Crippen molar-refractivity contribution >= 4 is 15.7 Å². The van der Waals surface area contributed by atoms with Crippen molar-refractivity contribution in [3.63, 3.8) is 0 Å². The molecule has 1 amide bonds. The number of rotatable bonds is 5. The Morgan fingerprint density at radius 2 is 1.71 bits per heavy atom. The summed E-state index contributed by atoms with van der Waals surface area (Å²) in [5.74, 6) is 0.963. The van der Waals surface area contributed by atoms with Gasteiger partial charge in [0.1, 0.15) is 5.76 Å². The zero-order valence-corrected chi connectivity index (χ0v) is 16.9. The molecule has 0 aliphatic heterocycles. The number of carbonyl (C=O) groups is 1. The third-order valence-electron chi connectivity index (χ3n) is 4.30. The van der Waals surface area contributed by atoms with E-state index >= 15 is 0 Å². The second-order valence-electron chi connectivity index (χ2n) is 6.72. The molecule has 0 saturated heterocycles. The predicted octanol–water partition coefficient (Wildman–Crippen LogP) is 2.75. The fourth-order valence-corrected chi connectivity index (χ4v) is 3.21. The Labute approximate surface area is 164 Å². The summed E-state index contributed by atoms with van der Waals surface area (Å²) in [5, 5.41) is 0. The zero-order valence-electron chi connectivity index (χ0n) is 16.1. The van der Waals surface area contributed by atoms with Crippen LogP contribution in [0.5, 0.6) is 0 Å². The summed E-state index contributed by atoms with van der Waals surface area (Å²) in [6.45, 7) is 1.78. The van der Waals surface area contributed by atoms with Crippen molar-refractivity contribution in [1.82, 2.24) is 14.9 Å². The summed E-state index contributed by atoms with van der Waals surface area (Å²) in [6.07, 6.45) is 3.00. The van der Waals surface area contributed by atoms with Crippen molar-refractivity contribution < 1.29 is 17.6 Å². The van der Waals surface area contributed by atoms with Crippen molar-refractivity contribution in [1.29, 1.82) is 0 Å². The van der Waals surface area contributed by atoms with Crippen LogP contribution in [0.3, 0.4) is 0 Å². The second-order valence-corrected chi connectivity index (χ2v) is 8.73. The lowest BCUT2D eigenvalue weighted by atomic mass is 10.1. The molecule has 3 aromatic rings. The molecule has 0 bridgehead atoms. The average molecular weight is 399 g/mol. The molecule has 7 nitrogen and oxygen atoms in total. The van der Waals surface area contributed by atoms with E-state index in [0.29, 0.717) is 28.6 Å². The number of benzene rings is 1. The maximum absolute atomic E-state index is 11.9. The lowest BCUT2D eigenvalue weighted by molar-refractivity contribution is -0.128. The number of hydrogen-bond donors (Lipinski definition) is 0. The van der Waals surface area contributed by atoms with E-state index in [1.54, 1.807) is 51.5 Å². The highest BCUT2D eigenvalue weighted by molar-refractivity contribution is 7.90. The molecule has 146 valence electrons. The molecule has 0 N–H and O–H groups in total.